The normalized spacial score (nSPS) is 14.0. The summed E-state index contributed by atoms with van der Waals surface area (Å²) in [6.07, 6.45) is 1.48. The Morgan fingerprint density at radius 3 is 2.86 bits per heavy atom. The minimum absolute atomic E-state index is 0.224. The Kier molecular flexibility index (Phi) is 7.29. The summed E-state index contributed by atoms with van der Waals surface area (Å²) >= 11 is 0. The van der Waals surface area contributed by atoms with E-state index in [0.717, 1.165) is 18.0 Å². The first kappa shape index (κ1) is 17.0. The summed E-state index contributed by atoms with van der Waals surface area (Å²) in [4.78, 5) is 23.7. The first-order chi connectivity index (χ1) is 10.2. The number of benzene rings is 1. The SMILES string of the molecule is CC.CC(CCC(=O)NC=O)N1CCOc2ccccc21. The summed E-state index contributed by atoms with van der Waals surface area (Å²) < 4.78 is 5.60. The molecule has 116 valence electrons. The molecule has 0 saturated heterocycles. The number of nitrogens with one attached hydrogen (secondary N) is 1. The maximum absolute atomic E-state index is 11.3. The van der Waals surface area contributed by atoms with Gasteiger partial charge in [0.1, 0.15) is 12.4 Å². The van der Waals surface area contributed by atoms with Crippen LogP contribution in [0.1, 0.15) is 33.6 Å². The third-order valence-electron chi connectivity index (χ3n) is 3.31. The predicted molar refractivity (Wildman–Crippen MR) is 83.5 cm³/mol. The van der Waals surface area contributed by atoms with E-state index in [0.29, 0.717) is 25.9 Å². The van der Waals surface area contributed by atoms with Crippen molar-refractivity contribution in [1.29, 1.82) is 0 Å². The topological polar surface area (TPSA) is 58.6 Å². The van der Waals surface area contributed by atoms with E-state index in [-0.39, 0.29) is 11.9 Å². The van der Waals surface area contributed by atoms with Gasteiger partial charge >= 0.3 is 0 Å². The van der Waals surface area contributed by atoms with Gasteiger partial charge in [-0.2, -0.15) is 0 Å². The van der Waals surface area contributed by atoms with Gasteiger partial charge in [0.2, 0.25) is 12.3 Å². The largest absolute Gasteiger partial charge is 0.490 e. The van der Waals surface area contributed by atoms with Crippen molar-refractivity contribution in [1.82, 2.24) is 5.32 Å². The summed E-state index contributed by atoms with van der Waals surface area (Å²) in [6.45, 7) is 7.55. The number of nitrogens with zero attached hydrogens (tertiary/aromatic N) is 1. The summed E-state index contributed by atoms with van der Waals surface area (Å²) in [5.41, 5.74) is 1.07. The van der Waals surface area contributed by atoms with Gasteiger partial charge in [0.15, 0.2) is 0 Å². The first-order valence-corrected chi connectivity index (χ1v) is 7.44. The van der Waals surface area contributed by atoms with Crippen LogP contribution in [0.3, 0.4) is 0 Å². The lowest BCUT2D eigenvalue weighted by Gasteiger charge is -2.36. The molecule has 1 N–H and O–H groups in total. The molecule has 0 saturated carbocycles. The third-order valence-corrected chi connectivity index (χ3v) is 3.31. The molecule has 1 aliphatic rings. The zero-order valence-corrected chi connectivity index (χ0v) is 13.0. The Balaban J connectivity index is 0.00000106. The van der Waals surface area contributed by atoms with Crippen LogP contribution in [0.4, 0.5) is 5.69 Å². The molecule has 0 aliphatic carbocycles. The smallest absolute Gasteiger partial charge is 0.226 e. The van der Waals surface area contributed by atoms with Gasteiger partial charge in [-0.3, -0.25) is 14.9 Å². The molecule has 2 rings (SSSR count). The van der Waals surface area contributed by atoms with Gasteiger partial charge in [0.05, 0.1) is 12.2 Å². The summed E-state index contributed by atoms with van der Waals surface area (Å²) in [5, 5.41) is 2.16. The maximum Gasteiger partial charge on any atom is 0.226 e. The highest BCUT2D eigenvalue weighted by Crippen LogP contribution is 2.32. The Bertz CT molecular complexity index is 463. The summed E-state index contributed by atoms with van der Waals surface area (Å²) in [7, 11) is 0. The van der Waals surface area contributed by atoms with E-state index in [1.165, 1.54) is 0 Å². The quantitative estimate of drug-likeness (QED) is 0.846. The highest BCUT2D eigenvalue weighted by atomic mass is 16.5. The number of ether oxygens (including phenoxy) is 1. The number of imide groups is 1. The molecule has 5 nitrogen and oxygen atoms in total. The number of hydrogen-bond donors (Lipinski definition) is 1. The fraction of sp³-hybridized carbons (Fsp3) is 0.500. The highest BCUT2D eigenvalue weighted by molar-refractivity contribution is 5.85. The second-order valence-corrected chi connectivity index (χ2v) is 4.58. The highest BCUT2D eigenvalue weighted by Gasteiger charge is 2.22. The van der Waals surface area contributed by atoms with Crippen LogP contribution in [0.15, 0.2) is 24.3 Å². The number of hydrogen-bond acceptors (Lipinski definition) is 4. The second-order valence-electron chi connectivity index (χ2n) is 4.58. The molecule has 0 fully saturated rings. The predicted octanol–water partition coefficient (Wildman–Crippen LogP) is 2.35. The zero-order valence-electron chi connectivity index (χ0n) is 13.0. The molecule has 0 aromatic heterocycles. The number of carbonyl (C=O) groups is 2. The molecule has 2 amide bonds. The van der Waals surface area contributed by atoms with Gasteiger partial charge in [0, 0.05) is 12.5 Å². The van der Waals surface area contributed by atoms with Crippen molar-refractivity contribution < 1.29 is 14.3 Å². The van der Waals surface area contributed by atoms with Crippen molar-refractivity contribution in [3.63, 3.8) is 0 Å². The lowest BCUT2D eigenvalue weighted by molar-refractivity contribution is -0.125. The Hall–Kier alpha value is -2.04. The molecular formula is C16H24N2O3. The number of rotatable bonds is 5. The van der Waals surface area contributed by atoms with Crippen LogP contribution in [0.5, 0.6) is 5.75 Å². The summed E-state index contributed by atoms with van der Waals surface area (Å²) in [5.74, 6) is 0.654. The fourth-order valence-electron chi connectivity index (χ4n) is 2.28. The second kappa shape index (κ2) is 9.00. The molecule has 0 radical (unpaired) electrons. The average Bonchev–Trinajstić information content (AvgIpc) is 2.54. The van der Waals surface area contributed by atoms with Gasteiger partial charge < -0.3 is 9.64 Å². The number of fused-ring (bicyclic) bond motifs is 1. The number of carbonyl (C=O) groups excluding carboxylic acids is 2. The van der Waals surface area contributed by atoms with Gasteiger partial charge in [-0.05, 0) is 25.5 Å². The average molecular weight is 292 g/mol. The molecule has 0 spiro atoms. The molecular weight excluding hydrogens is 268 g/mol. The number of anilines is 1. The maximum atomic E-state index is 11.3. The van der Waals surface area contributed by atoms with Crippen molar-refractivity contribution in [3.8, 4) is 5.75 Å². The Morgan fingerprint density at radius 1 is 1.43 bits per heavy atom. The molecule has 5 heteroatoms. The molecule has 21 heavy (non-hydrogen) atoms. The van der Waals surface area contributed by atoms with Crippen molar-refractivity contribution in [2.45, 2.75) is 39.7 Å². The van der Waals surface area contributed by atoms with Crippen LogP contribution in [0.2, 0.25) is 0 Å². The molecule has 1 unspecified atom stereocenters. The first-order valence-electron chi connectivity index (χ1n) is 7.44. The lowest BCUT2D eigenvalue weighted by atomic mass is 10.1. The van der Waals surface area contributed by atoms with E-state index in [1.807, 2.05) is 38.1 Å². The number of para-hydroxylation sites is 2. The lowest BCUT2D eigenvalue weighted by Crippen LogP contribution is -2.40. The van der Waals surface area contributed by atoms with Gasteiger partial charge in [-0.1, -0.05) is 26.0 Å². The minimum atomic E-state index is -0.233. The van der Waals surface area contributed by atoms with Gasteiger partial charge in [-0.25, -0.2) is 0 Å². The molecule has 1 aliphatic heterocycles. The van der Waals surface area contributed by atoms with Crippen LogP contribution in [-0.2, 0) is 9.59 Å². The standard InChI is InChI=1S/C14H18N2O3.C2H6/c1-11(6-7-14(18)15-10-17)16-8-9-19-13-5-3-2-4-12(13)16;1-2/h2-5,10-11H,6-9H2,1H3,(H,15,17,18);1-2H3. The summed E-state index contributed by atoms with van der Waals surface area (Å²) in [6, 6.07) is 8.13. The molecule has 0 bridgehead atoms. The van der Waals surface area contributed by atoms with Gasteiger partial charge in [0.25, 0.3) is 0 Å². The van der Waals surface area contributed by atoms with Crippen LogP contribution in [-0.4, -0.2) is 31.5 Å². The van der Waals surface area contributed by atoms with E-state index in [2.05, 4.69) is 17.1 Å². The molecule has 1 atom stereocenters. The van der Waals surface area contributed by atoms with E-state index in [9.17, 15) is 9.59 Å². The van der Waals surface area contributed by atoms with E-state index in [4.69, 9.17) is 4.74 Å². The van der Waals surface area contributed by atoms with Crippen LogP contribution < -0.4 is 15.0 Å². The van der Waals surface area contributed by atoms with Crippen LogP contribution in [0.25, 0.3) is 0 Å². The van der Waals surface area contributed by atoms with Crippen molar-refractivity contribution >= 4 is 18.0 Å². The Morgan fingerprint density at radius 2 is 2.14 bits per heavy atom. The van der Waals surface area contributed by atoms with E-state index < -0.39 is 0 Å². The third kappa shape index (κ3) is 4.77. The molecule has 1 aromatic carbocycles. The van der Waals surface area contributed by atoms with E-state index in [1.54, 1.807) is 0 Å². The zero-order chi connectivity index (χ0) is 15.7. The van der Waals surface area contributed by atoms with Crippen molar-refractivity contribution in [2.24, 2.45) is 0 Å². The molecule has 1 heterocycles. The monoisotopic (exact) mass is 292 g/mol. The van der Waals surface area contributed by atoms with Crippen LogP contribution >= 0.6 is 0 Å². The van der Waals surface area contributed by atoms with Crippen LogP contribution in [0, 0.1) is 0 Å². The van der Waals surface area contributed by atoms with Crippen molar-refractivity contribution in [3.05, 3.63) is 24.3 Å². The minimum Gasteiger partial charge on any atom is -0.490 e. The fourth-order valence-corrected chi connectivity index (χ4v) is 2.28. The van der Waals surface area contributed by atoms with Gasteiger partial charge in [-0.15, -0.1) is 0 Å². The Labute approximate surface area is 126 Å². The van der Waals surface area contributed by atoms with Crippen molar-refractivity contribution in [2.75, 3.05) is 18.1 Å². The van der Waals surface area contributed by atoms with E-state index >= 15 is 0 Å². The number of amides is 2. The molecule has 1 aromatic rings.